The predicted molar refractivity (Wildman–Crippen MR) is 163 cm³/mol. The number of hydrogen-bond donors (Lipinski definition) is 0. The van der Waals surface area contributed by atoms with E-state index in [2.05, 4.69) is 32.6 Å². The molecule has 0 spiro atoms. The Hall–Kier alpha value is -2.72. The summed E-state index contributed by atoms with van der Waals surface area (Å²) in [6.07, 6.45) is 8.75. The Morgan fingerprint density at radius 2 is 1.75 bits per heavy atom. The van der Waals surface area contributed by atoms with Crippen LogP contribution in [-0.2, 0) is 32.6 Å². The van der Waals surface area contributed by atoms with E-state index >= 15 is 0 Å². The Morgan fingerprint density at radius 1 is 1.02 bits per heavy atom. The lowest BCUT2D eigenvalue weighted by molar-refractivity contribution is -0.135. The van der Waals surface area contributed by atoms with Crippen LogP contribution in [0.4, 0.5) is 0 Å². The van der Waals surface area contributed by atoms with Gasteiger partial charge in [-0.3, -0.25) is 4.79 Å². The second-order valence-electron chi connectivity index (χ2n) is 10.2. The number of rotatable bonds is 13. The summed E-state index contributed by atoms with van der Waals surface area (Å²) in [5, 5.41) is 1.18. The van der Waals surface area contributed by atoms with E-state index in [-0.39, 0.29) is 31.6 Å². The summed E-state index contributed by atoms with van der Waals surface area (Å²) in [7, 11) is -2.32. The fourth-order valence-electron chi connectivity index (χ4n) is 5.07. The van der Waals surface area contributed by atoms with Gasteiger partial charge in [0.2, 0.25) is 15.9 Å². The third kappa shape index (κ3) is 8.64. The van der Waals surface area contributed by atoms with E-state index in [4.69, 9.17) is 4.74 Å². The lowest BCUT2D eigenvalue weighted by Gasteiger charge is -2.36. The molecule has 1 saturated carbocycles. The molecule has 1 aromatic heterocycles. The standard InChI is InChI=1S/C31H38BrN3O4S/c1-39-21-20-34(40(37,38)22-18-26-9-4-2-5-10-26)25-31(36)35(29-11-6-3-7-12-29)24-30-13-8-19-33(30)23-27-14-16-28(32)17-15-27/h2,4-5,8-10,13-19,22,29H,3,6-7,11-12,20-21,23-25H2,1H3/b22-18+. The van der Waals surface area contributed by atoms with Crippen LogP contribution in [0.15, 0.2) is 82.8 Å². The van der Waals surface area contributed by atoms with Crippen molar-refractivity contribution in [2.24, 2.45) is 0 Å². The predicted octanol–water partition coefficient (Wildman–Crippen LogP) is 5.91. The van der Waals surface area contributed by atoms with Gasteiger partial charge >= 0.3 is 0 Å². The molecule has 0 N–H and O–H groups in total. The van der Waals surface area contributed by atoms with Crippen molar-refractivity contribution in [3.8, 4) is 0 Å². The minimum absolute atomic E-state index is 0.0871. The summed E-state index contributed by atoms with van der Waals surface area (Å²) in [4.78, 5) is 15.8. The van der Waals surface area contributed by atoms with Gasteiger partial charge in [-0.25, -0.2) is 8.42 Å². The van der Waals surface area contributed by atoms with Crippen molar-refractivity contribution >= 4 is 37.9 Å². The van der Waals surface area contributed by atoms with Gasteiger partial charge in [-0.1, -0.05) is 77.7 Å². The highest BCUT2D eigenvalue weighted by atomic mass is 79.9. The van der Waals surface area contributed by atoms with Crippen LogP contribution in [-0.4, -0.2) is 60.9 Å². The van der Waals surface area contributed by atoms with Crippen molar-refractivity contribution in [3.63, 3.8) is 0 Å². The maximum Gasteiger partial charge on any atom is 0.238 e. The molecule has 0 radical (unpaired) electrons. The van der Waals surface area contributed by atoms with Gasteiger partial charge in [-0.05, 0) is 54.3 Å². The number of ether oxygens (including phenoxy) is 1. The number of amides is 1. The molecule has 214 valence electrons. The van der Waals surface area contributed by atoms with Gasteiger partial charge in [-0.15, -0.1) is 0 Å². The highest BCUT2D eigenvalue weighted by molar-refractivity contribution is 9.10. The number of methoxy groups -OCH3 is 1. The molecular formula is C31H38BrN3O4S. The van der Waals surface area contributed by atoms with Crippen LogP contribution < -0.4 is 0 Å². The molecule has 0 unspecified atom stereocenters. The van der Waals surface area contributed by atoms with Crippen molar-refractivity contribution in [2.45, 2.75) is 51.2 Å². The second-order valence-corrected chi connectivity index (χ2v) is 12.9. The number of carbonyl (C=O) groups excluding carboxylic acids is 1. The lowest BCUT2D eigenvalue weighted by atomic mass is 9.94. The van der Waals surface area contributed by atoms with Gasteiger partial charge in [0.25, 0.3) is 0 Å². The summed E-state index contributed by atoms with van der Waals surface area (Å²) >= 11 is 3.49. The Balaban J connectivity index is 1.54. The van der Waals surface area contributed by atoms with E-state index in [1.165, 1.54) is 22.4 Å². The molecule has 2 aromatic carbocycles. The van der Waals surface area contributed by atoms with Crippen LogP contribution in [0.2, 0.25) is 0 Å². The lowest BCUT2D eigenvalue weighted by Crippen LogP contribution is -2.47. The summed E-state index contributed by atoms with van der Waals surface area (Å²) in [5.74, 6) is -0.184. The van der Waals surface area contributed by atoms with Crippen molar-refractivity contribution in [2.75, 3.05) is 26.8 Å². The van der Waals surface area contributed by atoms with E-state index in [9.17, 15) is 13.2 Å². The maximum atomic E-state index is 13.9. The molecule has 4 rings (SSSR count). The maximum absolute atomic E-state index is 13.9. The third-order valence-corrected chi connectivity index (χ3v) is 9.35. The minimum Gasteiger partial charge on any atom is -0.383 e. The van der Waals surface area contributed by atoms with Crippen LogP contribution >= 0.6 is 15.9 Å². The molecule has 1 aliphatic rings. The number of benzene rings is 2. The first-order valence-corrected chi connectivity index (χ1v) is 16.1. The zero-order valence-corrected chi connectivity index (χ0v) is 25.4. The van der Waals surface area contributed by atoms with E-state index in [1.54, 1.807) is 6.08 Å². The Kier molecular flexibility index (Phi) is 11.2. The van der Waals surface area contributed by atoms with Gasteiger partial charge in [0, 0.05) is 48.0 Å². The smallest absolute Gasteiger partial charge is 0.238 e. The van der Waals surface area contributed by atoms with E-state index < -0.39 is 10.0 Å². The Labute approximate surface area is 246 Å². The molecule has 0 saturated heterocycles. The Morgan fingerprint density at radius 3 is 2.45 bits per heavy atom. The van der Waals surface area contributed by atoms with Gasteiger partial charge in [0.1, 0.15) is 0 Å². The topological polar surface area (TPSA) is 71.8 Å². The summed E-state index contributed by atoms with van der Waals surface area (Å²) in [6.45, 7) is 1.20. The number of nitrogens with zero attached hydrogens (tertiary/aromatic N) is 3. The number of carbonyl (C=O) groups is 1. The van der Waals surface area contributed by atoms with Crippen LogP contribution in [0.1, 0.15) is 48.9 Å². The Bertz CT molecular complexity index is 1350. The molecular weight excluding hydrogens is 590 g/mol. The molecule has 0 bridgehead atoms. The zero-order valence-electron chi connectivity index (χ0n) is 23.0. The average molecular weight is 629 g/mol. The number of halogens is 1. The van der Waals surface area contributed by atoms with Crippen molar-refractivity contribution in [3.05, 3.63) is 99.6 Å². The molecule has 3 aromatic rings. The molecule has 0 aliphatic heterocycles. The quantitative estimate of drug-likeness (QED) is 0.236. The van der Waals surface area contributed by atoms with Crippen LogP contribution in [0, 0.1) is 0 Å². The van der Waals surface area contributed by atoms with Gasteiger partial charge in [0.15, 0.2) is 0 Å². The van der Waals surface area contributed by atoms with Gasteiger partial charge in [-0.2, -0.15) is 4.31 Å². The molecule has 0 atom stereocenters. The summed E-state index contributed by atoms with van der Waals surface area (Å²) < 4.78 is 36.3. The first kappa shape index (κ1) is 30.2. The monoisotopic (exact) mass is 627 g/mol. The highest BCUT2D eigenvalue weighted by Gasteiger charge is 2.30. The molecule has 1 heterocycles. The summed E-state index contributed by atoms with van der Waals surface area (Å²) in [6, 6.07) is 21.6. The molecule has 40 heavy (non-hydrogen) atoms. The van der Waals surface area contributed by atoms with Crippen LogP contribution in [0.3, 0.4) is 0 Å². The fourth-order valence-corrected chi connectivity index (χ4v) is 6.45. The molecule has 9 heteroatoms. The fraction of sp³-hybridized carbons (Fsp3) is 0.387. The van der Waals surface area contributed by atoms with Crippen molar-refractivity contribution in [1.82, 2.24) is 13.8 Å². The molecule has 7 nitrogen and oxygen atoms in total. The third-order valence-electron chi connectivity index (χ3n) is 7.31. The summed E-state index contributed by atoms with van der Waals surface area (Å²) in [5.41, 5.74) is 2.97. The molecule has 1 aliphatic carbocycles. The highest BCUT2D eigenvalue weighted by Crippen LogP contribution is 2.25. The number of sulfonamides is 1. The zero-order chi connectivity index (χ0) is 28.4. The average Bonchev–Trinajstić information content (AvgIpc) is 3.41. The van der Waals surface area contributed by atoms with Gasteiger partial charge in [0.05, 0.1) is 19.7 Å². The normalized spacial score (nSPS) is 14.7. The first-order valence-electron chi connectivity index (χ1n) is 13.8. The van der Waals surface area contributed by atoms with E-state index in [1.807, 2.05) is 65.7 Å². The van der Waals surface area contributed by atoms with Crippen LogP contribution in [0.25, 0.3) is 6.08 Å². The van der Waals surface area contributed by atoms with Crippen molar-refractivity contribution < 1.29 is 17.9 Å². The molecule has 1 fully saturated rings. The first-order chi connectivity index (χ1) is 19.4. The van der Waals surface area contributed by atoms with Crippen LogP contribution in [0.5, 0.6) is 0 Å². The number of aromatic nitrogens is 1. The van der Waals surface area contributed by atoms with E-state index in [0.717, 1.165) is 47.8 Å². The molecule has 1 amide bonds. The minimum atomic E-state index is -3.85. The second kappa shape index (κ2) is 14.8. The SMILES string of the molecule is COCCN(CC(=O)N(Cc1cccn1Cc1ccc(Br)cc1)C1CCCCC1)S(=O)(=O)/C=C/c1ccccc1. The van der Waals surface area contributed by atoms with Crippen molar-refractivity contribution in [1.29, 1.82) is 0 Å². The number of hydrogen-bond acceptors (Lipinski definition) is 4. The van der Waals surface area contributed by atoms with E-state index in [0.29, 0.717) is 13.1 Å². The largest absolute Gasteiger partial charge is 0.383 e. The van der Waals surface area contributed by atoms with Gasteiger partial charge < -0.3 is 14.2 Å².